The molecule has 0 unspecified atom stereocenters. The van der Waals surface area contributed by atoms with E-state index in [1.807, 2.05) is 0 Å². The molecule has 38 heavy (non-hydrogen) atoms. The zero-order valence-electron chi connectivity index (χ0n) is 25.0. The molecule has 3 saturated heterocycles. The van der Waals surface area contributed by atoms with Gasteiger partial charge in [0, 0.05) is 72.4 Å². The monoisotopic (exact) mass is 538 g/mol. The Kier molecular flexibility index (Phi) is 17.1. The topological polar surface area (TPSA) is 80.4 Å². The van der Waals surface area contributed by atoms with Crippen LogP contribution in [0, 0.1) is 11.8 Å². The number of methoxy groups -OCH3 is 1. The molecule has 0 aromatic rings. The van der Waals surface area contributed by atoms with Crippen LogP contribution in [0.15, 0.2) is 0 Å². The molecule has 0 bridgehead atoms. The second kappa shape index (κ2) is 19.7. The summed E-state index contributed by atoms with van der Waals surface area (Å²) in [6.07, 6.45) is 9.37. The molecule has 9 nitrogen and oxygen atoms in total. The quantitative estimate of drug-likeness (QED) is 0.346. The Morgan fingerprint density at radius 3 is 1.63 bits per heavy atom. The second-order valence-corrected chi connectivity index (χ2v) is 11.8. The fourth-order valence-electron chi connectivity index (χ4n) is 5.40. The summed E-state index contributed by atoms with van der Waals surface area (Å²) in [5.74, 6) is 1.66. The number of amides is 2. The van der Waals surface area contributed by atoms with E-state index in [4.69, 9.17) is 4.74 Å². The lowest BCUT2D eigenvalue weighted by Gasteiger charge is -2.32. The number of ether oxygens (including phenoxy) is 1. The van der Waals surface area contributed by atoms with Crippen LogP contribution in [-0.2, 0) is 14.3 Å². The highest BCUT2D eigenvalue weighted by atomic mass is 16.5. The molecular formula is C29H58N6O3. The molecule has 3 aliphatic heterocycles. The van der Waals surface area contributed by atoms with Crippen molar-refractivity contribution in [2.24, 2.45) is 11.8 Å². The van der Waals surface area contributed by atoms with Crippen LogP contribution in [0.3, 0.4) is 0 Å². The van der Waals surface area contributed by atoms with E-state index in [9.17, 15) is 9.59 Å². The lowest BCUT2D eigenvalue weighted by Crippen LogP contribution is -2.47. The second-order valence-electron chi connectivity index (χ2n) is 11.8. The summed E-state index contributed by atoms with van der Waals surface area (Å²) in [6, 6.07) is 0. The van der Waals surface area contributed by atoms with Crippen molar-refractivity contribution in [2.45, 2.75) is 57.8 Å². The summed E-state index contributed by atoms with van der Waals surface area (Å²) in [4.78, 5) is 33.2. The summed E-state index contributed by atoms with van der Waals surface area (Å²) < 4.78 is 4.99. The Morgan fingerprint density at radius 1 is 0.658 bits per heavy atom. The highest BCUT2D eigenvalue weighted by molar-refractivity contribution is 5.76. The summed E-state index contributed by atoms with van der Waals surface area (Å²) in [5, 5.41) is 6.12. The van der Waals surface area contributed by atoms with Gasteiger partial charge in [-0.25, -0.2) is 0 Å². The SMILES string of the molecule is CN1CCC(CC(=O)NCCN2CCN(C)CC2)CC1.COCCCCCNC(=O)CC1CCN(C)CC1. The molecule has 0 saturated carbocycles. The molecule has 9 heteroatoms. The van der Waals surface area contributed by atoms with Gasteiger partial charge in [0.1, 0.15) is 0 Å². The lowest BCUT2D eigenvalue weighted by molar-refractivity contribution is -0.123. The Morgan fingerprint density at radius 2 is 1.13 bits per heavy atom. The van der Waals surface area contributed by atoms with Crippen molar-refractivity contribution in [3.63, 3.8) is 0 Å². The highest BCUT2D eigenvalue weighted by Gasteiger charge is 2.20. The predicted octanol–water partition coefficient (Wildman–Crippen LogP) is 1.73. The molecule has 3 fully saturated rings. The minimum Gasteiger partial charge on any atom is -0.385 e. The van der Waals surface area contributed by atoms with Crippen LogP contribution in [0.4, 0.5) is 0 Å². The first-order valence-corrected chi connectivity index (χ1v) is 15.2. The Labute approximate surface area is 233 Å². The average molecular weight is 539 g/mol. The van der Waals surface area contributed by atoms with E-state index >= 15 is 0 Å². The average Bonchev–Trinajstić information content (AvgIpc) is 2.90. The van der Waals surface area contributed by atoms with Crippen molar-refractivity contribution < 1.29 is 14.3 Å². The van der Waals surface area contributed by atoms with E-state index in [0.29, 0.717) is 18.3 Å². The number of nitrogens with zero attached hydrogens (tertiary/aromatic N) is 4. The van der Waals surface area contributed by atoms with E-state index in [1.165, 1.54) is 12.8 Å². The molecule has 0 aromatic heterocycles. The van der Waals surface area contributed by atoms with Crippen LogP contribution in [0.5, 0.6) is 0 Å². The standard InChI is InChI=1S/C15H30N4O.C14H28N2O2/c1-17-6-3-14(4-7-17)13-15(20)16-5-8-19-11-9-18(2)10-12-19;1-16-9-6-13(7-10-16)12-14(17)15-8-4-3-5-11-18-2/h14H,3-13H2,1-2H3,(H,16,20);13H,3-12H2,1-2H3,(H,15,17). The normalized spacial score (nSPS) is 21.1. The zero-order valence-corrected chi connectivity index (χ0v) is 25.0. The van der Waals surface area contributed by atoms with Crippen molar-refractivity contribution in [3.05, 3.63) is 0 Å². The summed E-state index contributed by atoms with van der Waals surface area (Å²) in [5.41, 5.74) is 0. The van der Waals surface area contributed by atoms with Gasteiger partial charge in [0.2, 0.25) is 11.8 Å². The maximum atomic E-state index is 11.9. The van der Waals surface area contributed by atoms with Gasteiger partial charge in [0.15, 0.2) is 0 Å². The fraction of sp³-hybridized carbons (Fsp3) is 0.931. The van der Waals surface area contributed by atoms with Gasteiger partial charge in [-0.3, -0.25) is 14.5 Å². The van der Waals surface area contributed by atoms with Gasteiger partial charge >= 0.3 is 0 Å². The summed E-state index contributed by atoms with van der Waals surface area (Å²) >= 11 is 0. The Bertz CT molecular complexity index is 628. The largest absolute Gasteiger partial charge is 0.385 e. The van der Waals surface area contributed by atoms with Crippen LogP contribution in [0.25, 0.3) is 0 Å². The third-order valence-corrected chi connectivity index (χ3v) is 8.32. The molecule has 2 N–H and O–H groups in total. The van der Waals surface area contributed by atoms with Crippen molar-refractivity contribution in [2.75, 3.05) is 107 Å². The molecule has 0 atom stereocenters. The molecule has 222 valence electrons. The fourth-order valence-corrected chi connectivity index (χ4v) is 5.40. The van der Waals surface area contributed by atoms with Gasteiger partial charge in [-0.15, -0.1) is 0 Å². The number of hydrogen-bond acceptors (Lipinski definition) is 7. The number of piperidine rings is 2. The van der Waals surface area contributed by atoms with Gasteiger partial charge in [-0.1, -0.05) is 0 Å². The number of nitrogens with one attached hydrogen (secondary N) is 2. The van der Waals surface area contributed by atoms with E-state index in [1.54, 1.807) is 7.11 Å². The number of hydrogen-bond donors (Lipinski definition) is 2. The first kappa shape index (κ1) is 32.9. The van der Waals surface area contributed by atoms with Crippen LogP contribution < -0.4 is 10.6 Å². The number of likely N-dealkylation sites (tertiary alicyclic amines) is 2. The Balaban J connectivity index is 0.000000269. The van der Waals surface area contributed by atoms with Gasteiger partial charge in [-0.2, -0.15) is 0 Å². The van der Waals surface area contributed by atoms with Gasteiger partial charge in [0.05, 0.1) is 0 Å². The first-order valence-electron chi connectivity index (χ1n) is 15.2. The van der Waals surface area contributed by atoms with Crippen LogP contribution in [0.2, 0.25) is 0 Å². The molecule has 2 amide bonds. The number of unbranched alkanes of at least 4 members (excludes halogenated alkanes) is 2. The number of carbonyl (C=O) groups excluding carboxylic acids is 2. The van der Waals surface area contributed by atoms with E-state index < -0.39 is 0 Å². The zero-order chi connectivity index (χ0) is 27.6. The first-order chi connectivity index (χ1) is 18.4. The van der Waals surface area contributed by atoms with Gasteiger partial charge in [-0.05, 0) is 104 Å². The van der Waals surface area contributed by atoms with Crippen molar-refractivity contribution >= 4 is 11.8 Å². The van der Waals surface area contributed by atoms with Crippen molar-refractivity contribution in [3.8, 4) is 0 Å². The minimum absolute atomic E-state index is 0.233. The summed E-state index contributed by atoms with van der Waals surface area (Å²) in [6.45, 7) is 12.5. The highest BCUT2D eigenvalue weighted by Crippen LogP contribution is 2.20. The van der Waals surface area contributed by atoms with Crippen LogP contribution >= 0.6 is 0 Å². The molecule has 0 aromatic carbocycles. The molecule has 3 heterocycles. The van der Waals surface area contributed by atoms with Gasteiger partial charge in [0.25, 0.3) is 0 Å². The van der Waals surface area contributed by atoms with Gasteiger partial charge < -0.3 is 30.1 Å². The maximum Gasteiger partial charge on any atom is 0.220 e. The summed E-state index contributed by atoms with van der Waals surface area (Å²) in [7, 11) is 8.20. The smallest absolute Gasteiger partial charge is 0.220 e. The van der Waals surface area contributed by atoms with Crippen LogP contribution in [-0.4, -0.2) is 138 Å². The van der Waals surface area contributed by atoms with Crippen molar-refractivity contribution in [1.82, 2.24) is 30.2 Å². The molecule has 0 spiro atoms. The molecule has 3 rings (SSSR count). The van der Waals surface area contributed by atoms with E-state index in [2.05, 4.69) is 51.4 Å². The maximum absolute atomic E-state index is 11.9. The number of piperazine rings is 1. The number of rotatable bonds is 13. The van der Waals surface area contributed by atoms with Crippen LogP contribution in [0.1, 0.15) is 57.8 Å². The van der Waals surface area contributed by atoms with E-state index in [0.717, 1.165) is 117 Å². The lowest BCUT2D eigenvalue weighted by atomic mass is 9.93. The molecular weight excluding hydrogens is 480 g/mol. The Hall–Kier alpha value is -1.26. The van der Waals surface area contributed by atoms with Crippen molar-refractivity contribution in [1.29, 1.82) is 0 Å². The number of likely N-dealkylation sites (N-methyl/N-ethyl adjacent to an activating group) is 1. The third-order valence-electron chi connectivity index (χ3n) is 8.32. The molecule has 0 aliphatic carbocycles. The number of carbonyl (C=O) groups is 2. The molecule has 3 aliphatic rings. The van der Waals surface area contributed by atoms with E-state index in [-0.39, 0.29) is 11.8 Å². The predicted molar refractivity (Wildman–Crippen MR) is 155 cm³/mol. The minimum atomic E-state index is 0.233. The molecule has 0 radical (unpaired) electrons. The third kappa shape index (κ3) is 15.4.